The van der Waals surface area contributed by atoms with E-state index in [1.165, 1.54) is 42.6 Å². The molecule has 2 aromatic carbocycles. The summed E-state index contributed by atoms with van der Waals surface area (Å²) in [6.07, 6.45) is 0. The van der Waals surface area contributed by atoms with Crippen molar-refractivity contribution in [2.45, 2.75) is 6.04 Å². The number of hydrogen-bond acceptors (Lipinski definition) is 6. The summed E-state index contributed by atoms with van der Waals surface area (Å²) >= 11 is 13.8. The van der Waals surface area contributed by atoms with Crippen LogP contribution in [0.15, 0.2) is 59.5 Å². The van der Waals surface area contributed by atoms with Crippen molar-refractivity contribution in [2.75, 3.05) is 19.1 Å². The Balaban J connectivity index is 1.93. The fourth-order valence-corrected chi connectivity index (χ4v) is 5.09. The topological polar surface area (TPSA) is 76.1 Å². The highest BCUT2D eigenvalue weighted by Crippen LogP contribution is 2.45. The van der Waals surface area contributed by atoms with Crippen LogP contribution in [0, 0.1) is 0 Å². The number of anilines is 1. The molecule has 1 fully saturated rings. The van der Waals surface area contributed by atoms with E-state index < -0.39 is 17.7 Å². The maximum Gasteiger partial charge on any atom is 0.300 e. The second kappa shape index (κ2) is 8.86. The monoisotopic (exact) mass is 489 g/mol. The molecule has 1 aliphatic heterocycles. The number of carbonyl (C=O) groups excluding carboxylic acids is 2. The first-order chi connectivity index (χ1) is 15.4. The number of methoxy groups -OCH3 is 2. The third-order valence-corrected chi connectivity index (χ3v) is 6.55. The van der Waals surface area contributed by atoms with E-state index in [0.717, 1.165) is 0 Å². The third kappa shape index (κ3) is 3.72. The van der Waals surface area contributed by atoms with Gasteiger partial charge in [0.1, 0.15) is 17.6 Å². The number of halogens is 2. The van der Waals surface area contributed by atoms with Crippen molar-refractivity contribution < 1.29 is 24.2 Å². The Morgan fingerprint density at radius 3 is 2.34 bits per heavy atom. The van der Waals surface area contributed by atoms with Crippen LogP contribution in [-0.4, -0.2) is 31.0 Å². The van der Waals surface area contributed by atoms with Gasteiger partial charge in [-0.25, -0.2) is 0 Å². The number of aliphatic hydroxyl groups excluding tert-OH is 1. The molecule has 6 nitrogen and oxygen atoms in total. The largest absolute Gasteiger partial charge is 0.507 e. The molecule has 1 N–H and O–H groups in total. The van der Waals surface area contributed by atoms with Crippen molar-refractivity contribution in [3.63, 3.8) is 0 Å². The van der Waals surface area contributed by atoms with Gasteiger partial charge in [0.15, 0.2) is 5.75 Å². The minimum absolute atomic E-state index is 0.0578. The lowest BCUT2D eigenvalue weighted by atomic mass is 9.99. The van der Waals surface area contributed by atoms with Gasteiger partial charge in [0.05, 0.1) is 29.8 Å². The number of amides is 1. The smallest absolute Gasteiger partial charge is 0.300 e. The normalized spacial score (nSPS) is 17.6. The average molecular weight is 490 g/mol. The Morgan fingerprint density at radius 2 is 1.75 bits per heavy atom. The first kappa shape index (κ1) is 22.2. The molecule has 32 heavy (non-hydrogen) atoms. The van der Waals surface area contributed by atoms with Crippen LogP contribution in [0.25, 0.3) is 5.76 Å². The summed E-state index contributed by atoms with van der Waals surface area (Å²) in [6.45, 7) is 0. The maximum absolute atomic E-state index is 13.1. The second-order valence-corrected chi connectivity index (χ2v) is 8.65. The highest BCUT2D eigenvalue weighted by molar-refractivity contribution is 7.10. The zero-order valence-corrected chi connectivity index (χ0v) is 19.3. The van der Waals surface area contributed by atoms with Crippen LogP contribution in [0.5, 0.6) is 11.5 Å². The molecule has 0 aliphatic carbocycles. The van der Waals surface area contributed by atoms with Crippen LogP contribution in [0.3, 0.4) is 0 Å². The van der Waals surface area contributed by atoms with E-state index in [1.54, 1.807) is 30.3 Å². The van der Waals surface area contributed by atoms with E-state index in [4.69, 9.17) is 32.7 Å². The van der Waals surface area contributed by atoms with Crippen LogP contribution >= 0.6 is 34.5 Å². The number of nitrogens with zero attached hydrogens (tertiary/aromatic N) is 1. The first-order valence-corrected chi connectivity index (χ1v) is 11.0. The number of Topliss-reactive ketones (excluding diaryl/α,β-unsaturated/α-hetero) is 1. The number of ketones is 1. The molecule has 1 aliphatic rings. The summed E-state index contributed by atoms with van der Waals surface area (Å²) < 4.78 is 10.4. The highest BCUT2D eigenvalue weighted by Gasteiger charge is 2.47. The van der Waals surface area contributed by atoms with Gasteiger partial charge >= 0.3 is 0 Å². The molecule has 1 unspecified atom stereocenters. The second-order valence-electron chi connectivity index (χ2n) is 6.86. The number of rotatable bonds is 5. The molecule has 3 aromatic rings. The van der Waals surface area contributed by atoms with Crippen LogP contribution in [-0.2, 0) is 9.59 Å². The van der Waals surface area contributed by atoms with Gasteiger partial charge < -0.3 is 14.6 Å². The van der Waals surface area contributed by atoms with Gasteiger partial charge in [0, 0.05) is 22.2 Å². The molecule has 0 radical (unpaired) electrons. The molecule has 2 heterocycles. The van der Waals surface area contributed by atoms with E-state index >= 15 is 0 Å². The minimum Gasteiger partial charge on any atom is -0.507 e. The summed E-state index contributed by atoms with van der Waals surface area (Å²) in [5, 5.41) is 13.3. The van der Waals surface area contributed by atoms with Crippen molar-refractivity contribution in [3.8, 4) is 11.5 Å². The van der Waals surface area contributed by atoms with E-state index in [1.807, 2.05) is 11.4 Å². The van der Waals surface area contributed by atoms with Gasteiger partial charge in [-0.15, -0.1) is 11.3 Å². The molecule has 164 valence electrons. The Hall–Kier alpha value is -3.00. The Morgan fingerprint density at radius 1 is 1.03 bits per heavy atom. The predicted octanol–water partition coefficient (Wildman–Crippen LogP) is 5.70. The molecular formula is C23H17Cl2NO5S. The summed E-state index contributed by atoms with van der Waals surface area (Å²) in [7, 11) is 2.93. The molecule has 9 heteroatoms. The van der Waals surface area contributed by atoms with Gasteiger partial charge in [-0.3, -0.25) is 14.5 Å². The van der Waals surface area contributed by atoms with Gasteiger partial charge in [-0.1, -0.05) is 35.3 Å². The van der Waals surface area contributed by atoms with Crippen LogP contribution in [0.2, 0.25) is 10.0 Å². The van der Waals surface area contributed by atoms with Crippen molar-refractivity contribution >= 4 is 57.7 Å². The summed E-state index contributed by atoms with van der Waals surface area (Å²) in [5.41, 5.74) is 0.610. The first-order valence-electron chi connectivity index (χ1n) is 9.39. The quantitative estimate of drug-likeness (QED) is 0.282. The van der Waals surface area contributed by atoms with E-state index in [0.29, 0.717) is 16.3 Å². The fraction of sp³-hybridized carbons (Fsp3) is 0.130. The molecule has 1 aromatic heterocycles. The third-order valence-electron chi connectivity index (χ3n) is 5.06. The number of thiophene rings is 1. The van der Waals surface area contributed by atoms with Crippen molar-refractivity contribution in [1.82, 2.24) is 0 Å². The molecule has 0 bridgehead atoms. The SMILES string of the molecule is COc1cccc(N2C(=O)C(=O)/C(=C(\O)c3cc(Cl)c(OC)c(Cl)c3)C2c2cccs2)c1. The summed E-state index contributed by atoms with van der Waals surface area (Å²) in [6, 6.07) is 12.5. The number of benzene rings is 2. The van der Waals surface area contributed by atoms with Gasteiger partial charge in [0.2, 0.25) is 0 Å². The average Bonchev–Trinajstić information content (AvgIpc) is 3.40. The van der Waals surface area contributed by atoms with Gasteiger partial charge in [-0.05, 0) is 35.7 Å². The number of carbonyl (C=O) groups is 2. The van der Waals surface area contributed by atoms with Gasteiger partial charge in [-0.2, -0.15) is 0 Å². The molecule has 4 rings (SSSR count). The lowest BCUT2D eigenvalue weighted by Gasteiger charge is -2.24. The molecule has 0 spiro atoms. The Kier molecular flexibility index (Phi) is 6.15. The molecule has 1 atom stereocenters. The Labute approximate surface area is 198 Å². The van der Waals surface area contributed by atoms with Crippen molar-refractivity contribution in [1.29, 1.82) is 0 Å². The number of aliphatic hydroxyl groups is 1. The standard InChI is InChI=1S/C23H17Cl2NO5S/c1-30-14-6-3-5-13(11-14)26-19(17-7-4-8-32-17)18(21(28)23(26)29)20(27)12-9-15(24)22(31-2)16(25)10-12/h3-11,19,27H,1-2H3/b20-18-. The van der Waals surface area contributed by atoms with Crippen LogP contribution < -0.4 is 14.4 Å². The lowest BCUT2D eigenvalue weighted by Crippen LogP contribution is -2.29. The minimum atomic E-state index is -0.832. The van der Waals surface area contributed by atoms with Crippen molar-refractivity contribution in [2.24, 2.45) is 0 Å². The maximum atomic E-state index is 13.1. The summed E-state index contributed by atoms with van der Waals surface area (Å²) in [5.74, 6) is -1.17. The fourth-order valence-electron chi connectivity index (χ4n) is 3.62. The summed E-state index contributed by atoms with van der Waals surface area (Å²) in [4.78, 5) is 28.3. The zero-order chi connectivity index (χ0) is 23.0. The van der Waals surface area contributed by atoms with E-state index in [-0.39, 0.29) is 32.7 Å². The molecule has 1 amide bonds. The predicted molar refractivity (Wildman–Crippen MR) is 125 cm³/mol. The number of ether oxygens (including phenoxy) is 2. The highest BCUT2D eigenvalue weighted by atomic mass is 35.5. The van der Waals surface area contributed by atoms with Gasteiger partial charge in [0.25, 0.3) is 11.7 Å². The lowest BCUT2D eigenvalue weighted by molar-refractivity contribution is -0.132. The zero-order valence-electron chi connectivity index (χ0n) is 17.0. The Bertz CT molecular complexity index is 1220. The van der Waals surface area contributed by atoms with Crippen LogP contribution in [0.4, 0.5) is 5.69 Å². The molecule has 1 saturated heterocycles. The van der Waals surface area contributed by atoms with Crippen molar-refractivity contribution in [3.05, 3.63) is 80.0 Å². The number of hydrogen-bond donors (Lipinski definition) is 1. The van der Waals surface area contributed by atoms with E-state index in [9.17, 15) is 14.7 Å². The molecular weight excluding hydrogens is 473 g/mol. The molecule has 0 saturated carbocycles. The van der Waals surface area contributed by atoms with Crippen LogP contribution in [0.1, 0.15) is 16.5 Å². The van der Waals surface area contributed by atoms with E-state index in [2.05, 4.69) is 0 Å².